The Morgan fingerprint density at radius 1 is 0.156 bits per heavy atom. The van der Waals surface area contributed by atoms with Crippen LogP contribution < -0.4 is 28.4 Å². The van der Waals surface area contributed by atoms with Crippen LogP contribution in [0.5, 0.6) is 34.5 Å². The molecule has 0 spiro atoms. The smallest absolute Gasteiger partial charge is 0.193 e. The molecule has 17 aromatic carbocycles. The minimum Gasteiger partial charge on any atom is -0.497 e. The van der Waals surface area contributed by atoms with Crippen molar-refractivity contribution in [1.82, 2.24) is 0 Å². The van der Waals surface area contributed by atoms with Crippen molar-refractivity contribution >= 4 is 33.9 Å². The molecular formula is C125H138O10. The average molecular weight is 1800 g/mol. The Labute approximate surface area is 807 Å². The number of fused-ring (bicyclic) bond motifs is 1. The Morgan fingerprint density at radius 2 is 0.289 bits per heavy atom. The Hall–Kier alpha value is -15.5. The highest BCUT2D eigenvalue weighted by Crippen LogP contribution is 2.22. The van der Waals surface area contributed by atoms with Crippen molar-refractivity contribution in [3.8, 4) is 34.5 Å². The molecule has 0 fully saturated rings. The lowest BCUT2D eigenvalue weighted by Gasteiger charge is -2.06. The Balaban J connectivity index is 0.000000382. The van der Waals surface area contributed by atoms with Crippen LogP contribution in [-0.2, 0) is 0 Å². The van der Waals surface area contributed by atoms with Gasteiger partial charge in [0.25, 0.3) is 0 Å². The number of aryl methyl sites for hydroxylation is 9. The maximum Gasteiger partial charge on any atom is 0.193 e. The summed E-state index contributed by atoms with van der Waals surface area (Å²) in [6, 6.07) is 146. The summed E-state index contributed by atoms with van der Waals surface area (Å²) in [4.78, 5) is 48.9. The third-order valence-corrected chi connectivity index (χ3v) is 19.2. The molecule has 0 radical (unpaired) electrons. The molecule has 0 heterocycles. The molecule has 17 aromatic rings. The number of para-hydroxylation sites is 6. The van der Waals surface area contributed by atoms with E-state index < -0.39 is 0 Å². The van der Waals surface area contributed by atoms with Crippen LogP contribution in [0.25, 0.3) is 10.8 Å². The first-order valence-corrected chi connectivity index (χ1v) is 45.4. The van der Waals surface area contributed by atoms with E-state index in [-0.39, 0.29) is 23.1 Å². The summed E-state index contributed by atoms with van der Waals surface area (Å²) in [6.07, 6.45) is 0. The van der Waals surface area contributed by atoms with E-state index in [1.807, 2.05) is 491 Å². The monoisotopic (exact) mass is 1800 g/mol. The van der Waals surface area contributed by atoms with Gasteiger partial charge in [0.05, 0.1) is 42.7 Å². The van der Waals surface area contributed by atoms with Crippen molar-refractivity contribution < 1.29 is 47.6 Å². The fourth-order valence-corrected chi connectivity index (χ4v) is 11.9. The molecule has 0 N–H and O–H groups in total. The van der Waals surface area contributed by atoms with E-state index in [4.69, 9.17) is 28.4 Å². The van der Waals surface area contributed by atoms with E-state index >= 15 is 0 Å². The lowest BCUT2D eigenvalue weighted by atomic mass is 9.97. The maximum absolute atomic E-state index is 12.2. The number of hydrogen-bond donors (Lipinski definition) is 0. The average Bonchev–Trinajstić information content (AvgIpc) is 0.846. The van der Waals surface area contributed by atoms with Gasteiger partial charge in [0, 0.05) is 44.5 Å². The minimum atomic E-state index is 0.0989. The first kappa shape index (κ1) is 114. The number of methoxy groups -OCH3 is 6. The molecule has 698 valence electrons. The molecule has 0 saturated heterocycles. The summed E-state index contributed by atoms with van der Waals surface area (Å²) in [5.74, 6) is 5.85. The summed E-state index contributed by atoms with van der Waals surface area (Å²) in [5.41, 5.74) is 16.1. The van der Waals surface area contributed by atoms with Crippen LogP contribution in [-0.4, -0.2) is 65.8 Å². The summed E-state index contributed by atoms with van der Waals surface area (Å²) in [6.45, 7) is 30.0. The fraction of sp³-hybridized carbons (Fsp3) is 0.168. The second-order valence-electron chi connectivity index (χ2n) is 29.2. The van der Waals surface area contributed by atoms with Crippen LogP contribution in [0, 0.1) is 62.3 Å². The zero-order chi connectivity index (χ0) is 99.0. The number of carbonyl (C=O) groups excluding carboxylic acids is 4. The third kappa shape index (κ3) is 46.2. The molecule has 0 bridgehead atoms. The van der Waals surface area contributed by atoms with Gasteiger partial charge >= 0.3 is 0 Å². The van der Waals surface area contributed by atoms with Crippen molar-refractivity contribution in [3.63, 3.8) is 0 Å². The lowest BCUT2D eigenvalue weighted by molar-refractivity contribution is 0.103. The minimum absolute atomic E-state index is 0.0989. The zero-order valence-corrected chi connectivity index (χ0v) is 82.9. The lowest BCUT2D eigenvalue weighted by Crippen LogP contribution is -2.03. The molecule has 0 saturated carbocycles. The molecule has 135 heavy (non-hydrogen) atoms. The Morgan fingerprint density at radius 3 is 0.415 bits per heavy atom. The van der Waals surface area contributed by atoms with Gasteiger partial charge in [0.1, 0.15) is 34.5 Å². The van der Waals surface area contributed by atoms with Crippen LogP contribution in [0.4, 0.5) is 0 Å². The molecule has 17 rings (SSSR count). The maximum atomic E-state index is 12.2. The number of carbonyl (C=O) groups is 4. The predicted octanol–water partition coefficient (Wildman–Crippen LogP) is 32.2. The van der Waals surface area contributed by atoms with E-state index in [0.29, 0.717) is 0 Å². The summed E-state index contributed by atoms with van der Waals surface area (Å²) in [7, 11) is 9.97. The molecule has 10 heteroatoms. The highest BCUT2D eigenvalue weighted by Gasteiger charge is 2.15. The molecule has 0 aliphatic rings. The fourth-order valence-electron chi connectivity index (χ4n) is 11.9. The highest BCUT2D eigenvalue weighted by atomic mass is 16.5. The normalized spacial score (nSPS) is 9.19. The van der Waals surface area contributed by atoms with Gasteiger partial charge in [-0.05, 0) is 192 Å². The van der Waals surface area contributed by atoms with Crippen LogP contribution in [0.1, 0.15) is 155 Å². The van der Waals surface area contributed by atoms with Gasteiger partial charge in [-0.1, -0.05) is 427 Å². The number of ether oxygens (including phenoxy) is 6. The molecule has 10 nitrogen and oxygen atoms in total. The number of hydrogen-bond acceptors (Lipinski definition) is 10. The van der Waals surface area contributed by atoms with Gasteiger partial charge < -0.3 is 28.4 Å². The topological polar surface area (TPSA) is 124 Å². The highest BCUT2D eigenvalue weighted by molar-refractivity contribution is 6.12. The summed E-state index contributed by atoms with van der Waals surface area (Å²) in [5, 5.41) is 2.62. The van der Waals surface area contributed by atoms with E-state index in [2.05, 4.69) is 67.6 Å². The van der Waals surface area contributed by atoms with E-state index in [1.165, 1.54) is 16.3 Å². The van der Waals surface area contributed by atoms with E-state index in [1.54, 1.807) is 42.7 Å². The van der Waals surface area contributed by atoms with Gasteiger partial charge in [0.2, 0.25) is 0 Å². The van der Waals surface area contributed by atoms with Crippen molar-refractivity contribution in [2.24, 2.45) is 0 Å². The first-order valence-electron chi connectivity index (χ1n) is 45.4. The van der Waals surface area contributed by atoms with Crippen molar-refractivity contribution in [2.75, 3.05) is 42.7 Å². The molecule has 0 amide bonds. The zero-order valence-electron chi connectivity index (χ0n) is 82.9. The number of ketones is 4. The van der Waals surface area contributed by atoms with Crippen molar-refractivity contribution in [2.45, 2.75) is 104 Å². The summed E-state index contributed by atoms with van der Waals surface area (Å²) < 4.78 is 29.5. The van der Waals surface area contributed by atoms with Crippen LogP contribution in [0.2, 0.25) is 0 Å². The van der Waals surface area contributed by atoms with Crippen LogP contribution in [0.15, 0.2) is 455 Å². The van der Waals surface area contributed by atoms with E-state index in [0.717, 1.165) is 124 Å². The first-order chi connectivity index (χ1) is 65.7. The molecule has 0 aliphatic carbocycles. The largest absolute Gasteiger partial charge is 0.497 e. The molecule has 0 aliphatic heterocycles. The Bertz CT molecular complexity index is 5180. The van der Waals surface area contributed by atoms with Crippen molar-refractivity contribution in [3.05, 3.63) is 550 Å². The van der Waals surface area contributed by atoms with Gasteiger partial charge in [-0.25, -0.2) is 0 Å². The van der Waals surface area contributed by atoms with Gasteiger partial charge in [-0.2, -0.15) is 0 Å². The molecule has 0 unspecified atom stereocenters. The second kappa shape index (κ2) is 70.3. The third-order valence-electron chi connectivity index (χ3n) is 19.2. The van der Waals surface area contributed by atoms with Crippen molar-refractivity contribution in [1.29, 1.82) is 0 Å². The van der Waals surface area contributed by atoms with Gasteiger partial charge in [-0.3, -0.25) is 19.2 Å². The molecular weight excluding hydrogens is 1660 g/mol. The SMILES string of the molecule is CC.CC.CC.COc1ccccc1.COc1ccccc1.COc1ccccc1.COc1ccccc1.COc1ccccc1.COc1ccccc1.Cc1ccc(C)c(C(=O)c2ccccc2)c1.Cc1ccc(C)c(C(=O)c2ccccc2)c1.Cc1ccc(C)c(C(=O)c2ccccc2)c1.Cc1ccc(C)c(C(=O)c2ccccc2)c1.Cc1ccccc1.c1ccc2ccccc2c1. The Kier molecular flexibility index (Phi) is 59.2. The molecule has 0 atom stereocenters. The van der Waals surface area contributed by atoms with E-state index in [9.17, 15) is 19.2 Å². The number of benzene rings is 17. The second-order valence-corrected chi connectivity index (χ2v) is 29.2. The standard InChI is InChI=1S/4C15H14O.C10H8.6C7H8O.C7H8.3C2H6/c4*1-11-8-9-12(2)14(10-11)15(16)13-6-4-3-5-7-13;1-2-6-10-8-4-3-7-9(10)5-1;6*1-8-7-5-3-2-4-6-7;1-7-5-3-2-4-6-7;3*1-2/h4*3-10H,1-2H3;1-8H;6*2-6H,1H3;2-6H,1H3;3*1-2H3. The van der Waals surface area contributed by atoms with Crippen LogP contribution >= 0.6 is 0 Å². The van der Waals surface area contributed by atoms with Gasteiger partial charge in [-0.15, -0.1) is 0 Å². The van der Waals surface area contributed by atoms with Gasteiger partial charge in [0.15, 0.2) is 23.1 Å². The van der Waals surface area contributed by atoms with Crippen LogP contribution in [0.3, 0.4) is 0 Å². The number of rotatable bonds is 14. The predicted molar refractivity (Wildman–Crippen MR) is 570 cm³/mol. The quantitative estimate of drug-likeness (QED) is 0.0972. The molecule has 0 aromatic heterocycles. The summed E-state index contributed by atoms with van der Waals surface area (Å²) >= 11 is 0.